The summed E-state index contributed by atoms with van der Waals surface area (Å²) in [6.07, 6.45) is 1.07. The highest BCUT2D eigenvalue weighted by atomic mass is 79.9. The number of anilines is 1. The number of benzene rings is 1. The SMILES string of the molecule is COc1ccc(NC(=O)N(C)C2CCSC2)cc1Br. The molecule has 0 spiro atoms. The van der Waals surface area contributed by atoms with E-state index < -0.39 is 0 Å². The van der Waals surface area contributed by atoms with E-state index in [0.29, 0.717) is 6.04 Å². The molecule has 1 unspecified atom stereocenters. The Labute approximate surface area is 126 Å². The van der Waals surface area contributed by atoms with Crippen LogP contribution in [-0.4, -0.2) is 42.6 Å². The summed E-state index contributed by atoms with van der Waals surface area (Å²) in [6, 6.07) is 5.77. The van der Waals surface area contributed by atoms with Gasteiger partial charge >= 0.3 is 6.03 Å². The molecule has 1 aliphatic heterocycles. The molecule has 0 aliphatic carbocycles. The van der Waals surface area contributed by atoms with Crippen LogP contribution >= 0.6 is 27.7 Å². The summed E-state index contributed by atoms with van der Waals surface area (Å²) < 4.78 is 5.99. The van der Waals surface area contributed by atoms with Gasteiger partial charge in [0.05, 0.1) is 11.6 Å². The minimum absolute atomic E-state index is 0.0652. The zero-order valence-corrected chi connectivity index (χ0v) is 13.4. The van der Waals surface area contributed by atoms with Gasteiger partial charge in [0, 0.05) is 24.5 Å². The maximum Gasteiger partial charge on any atom is 0.321 e. The topological polar surface area (TPSA) is 41.6 Å². The normalized spacial score (nSPS) is 18.2. The number of thioether (sulfide) groups is 1. The van der Waals surface area contributed by atoms with E-state index in [1.165, 1.54) is 0 Å². The first-order valence-electron chi connectivity index (χ1n) is 6.07. The van der Waals surface area contributed by atoms with E-state index in [2.05, 4.69) is 21.2 Å². The van der Waals surface area contributed by atoms with E-state index in [1.54, 1.807) is 12.0 Å². The van der Waals surface area contributed by atoms with Crippen LogP contribution in [0.25, 0.3) is 0 Å². The molecule has 1 aliphatic rings. The predicted molar refractivity (Wildman–Crippen MR) is 83.2 cm³/mol. The van der Waals surface area contributed by atoms with E-state index in [1.807, 2.05) is 37.0 Å². The van der Waals surface area contributed by atoms with Gasteiger partial charge in [0.2, 0.25) is 0 Å². The third-order valence-electron chi connectivity index (χ3n) is 3.18. The number of amides is 2. The molecule has 1 heterocycles. The van der Waals surface area contributed by atoms with Crippen LogP contribution < -0.4 is 10.1 Å². The van der Waals surface area contributed by atoms with Crippen LogP contribution in [0.2, 0.25) is 0 Å². The summed E-state index contributed by atoms with van der Waals surface area (Å²) in [5.41, 5.74) is 0.759. The van der Waals surface area contributed by atoms with Crippen LogP contribution in [0, 0.1) is 0 Å². The Morgan fingerprint density at radius 1 is 1.58 bits per heavy atom. The Hall–Kier alpha value is -0.880. The fraction of sp³-hybridized carbons (Fsp3) is 0.462. The van der Waals surface area contributed by atoms with Gasteiger partial charge in [-0.15, -0.1) is 0 Å². The second-order valence-electron chi connectivity index (χ2n) is 4.41. The number of methoxy groups -OCH3 is 1. The zero-order chi connectivity index (χ0) is 13.8. The Bertz CT molecular complexity index is 464. The highest BCUT2D eigenvalue weighted by molar-refractivity contribution is 9.10. The van der Waals surface area contributed by atoms with Crippen LogP contribution in [0.3, 0.4) is 0 Å². The van der Waals surface area contributed by atoms with Gasteiger partial charge in [-0.1, -0.05) is 0 Å². The van der Waals surface area contributed by atoms with Crippen molar-refractivity contribution in [1.29, 1.82) is 0 Å². The Morgan fingerprint density at radius 3 is 2.95 bits per heavy atom. The lowest BCUT2D eigenvalue weighted by Crippen LogP contribution is -2.39. The molecule has 1 N–H and O–H groups in total. The van der Waals surface area contributed by atoms with Crippen molar-refractivity contribution in [1.82, 2.24) is 4.90 Å². The molecule has 1 fully saturated rings. The molecule has 0 aromatic heterocycles. The zero-order valence-electron chi connectivity index (χ0n) is 11.0. The first-order chi connectivity index (χ1) is 9.11. The van der Waals surface area contributed by atoms with E-state index in [-0.39, 0.29) is 6.03 Å². The number of urea groups is 1. The lowest BCUT2D eigenvalue weighted by molar-refractivity contribution is 0.209. The molecule has 0 bridgehead atoms. The fourth-order valence-corrected chi connectivity index (χ4v) is 3.76. The highest BCUT2D eigenvalue weighted by Crippen LogP contribution is 2.28. The summed E-state index contributed by atoms with van der Waals surface area (Å²) in [5, 5.41) is 2.90. The minimum atomic E-state index is -0.0652. The molecule has 1 aromatic carbocycles. The first kappa shape index (κ1) is 14.5. The molecule has 0 saturated carbocycles. The van der Waals surface area contributed by atoms with Crippen molar-refractivity contribution in [2.45, 2.75) is 12.5 Å². The van der Waals surface area contributed by atoms with E-state index in [0.717, 1.165) is 33.8 Å². The number of nitrogens with one attached hydrogen (secondary N) is 1. The quantitative estimate of drug-likeness (QED) is 0.913. The molecule has 0 radical (unpaired) electrons. The Morgan fingerprint density at radius 2 is 2.37 bits per heavy atom. The van der Waals surface area contributed by atoms with Crippen LogP contribution in [0.15, 0.2) is 22.7 Å². The number of hydrogen-bond donors (Lipinski definition) is 1. The second kappa shape index (κ2) is 6.52. The van der Waals surface area contributed by atoms with Crippen molar-refractivity contribution < 1.29 is 9.53 Å². The van der Waals surface area contributed by atoms with Crippen LogP contribution in [0.4, 0.5) is 10.5 Å². The molecular formula is C13H17BrN2O2S. The molecule has 2 amide bonds. The average molecular weight is 345 g/mol. The number of halogens is 1. The number of carbonyl (C=O) groups is 1. The molecule has 104 valence electrons. The van der Waals surface area contributed by atoms with Gasteiger partial charge in [0.1, 0.15) is 5.75 Å². The molecule has 2 rings (SSSR count). The van der Waals surface area contributed by atoms with Crippen molar-refractivity contribution in [3.05, 3.63) is 22.7 Å². The monoisotopic (exact) mass is 344 g/mol. The Balaban J connectivity index is 2.00. The minimum Gasteiger partial charge on any atom is -0.496 e. The second-order valence-corrected chi connectivity index (χ2v) is 6.41. The molecule has 1 aromatic rings. The van der Waals surface area contributed by atoms with Crippen molar-refractivity contribution >= 4 is 39.4 Å². The van der Waals surface area contributed by atoms with Crippen molar-refractivity contribution in [2.75, 3.05) is 31.0 Å². The van der Waals surface area contributed by atoms with Crippen LogP contribution in [-0.2, 0) is 0 Å². The van der Waals surface area contributed by atoms with Gasteiger partial charge in [-0.3, -0.25) is 0 Å². The smallest absolute Gasteiger partial charge is 0.321 e. The standard InChI is InChI=1S/C13H17BrN2O2S/c1-16(10-5-6-19-8-10)13(17)15-9-3-4-12(18-2)11(14)7-9/h3-4,7,10H,5-6,8H2,1-2H3,(H,15,17). The van der Waals surface area contributed by atoms with Crippen LogP contribution in [0.5, 0.6) is 5.75 Å². The van der Waals surface area contributed by atoms with Gasteiger partial charge in [0.15, 0.2) is 0 Å². The molecule has 4 nitrogen and oxygen atoms in total. The largest absolute Gasteiger partial charge is 0.496 e. The number of nitrogens with zero attached hydrogens (tertiary/aromatic N) is 1. The van der Waals surface area contributed by atoms with E-state index in [4.69, 9.17) is 4.74 Å². The van der Waals surface area contributed by atoms with Crippen molar-refractivity contribution in [3.8, 4) is 5.75 Å². The first-order valence-corrected chi connectivity index (χ1v) is 8.01. The summed E-state index contributed by atoms with van der Waals surface area (Å²) in [4.78, 5) is 13.9. The average Bonchev–Trinajstić information content (AvgIpc) is 2.92. The van der Waals surface area contributed by atoms with Crippen molar-refractivity contribution in [2.24, 2.45) is 0 Å². The summed E-state index contributed by atoms with van der Waals surface area (Å²) in [7, 11) is 3.47. The number of rotatable bonds is 3. The van der Waals surface area contributed by atoms with Gasteiger partial charge in [-0.05, 0) is 46.3 Å². The van der Waals surface area contributed by atoms with E-state index in [9.17, 15) is 4.79 Å². The fourth-order valence-electron chi connectivity index (χ4n) is 1.95. The summed E-state index contributed by atoms with van der Waals surface area (Å²) >= 11 is 5.30. The Kier molecular flexibility index (Phi) is 4.99. The maximum absolute atomic E-state index is 12.1. The summed E-state index contributed by atoms with van der Waals surface area (Å²) in [5.74, 6) is 2.91. The van der Waals surface area contributed by atoms with Crippen molar-refractivity contribution in [3.63, 3.8) is 0 Å². The van der Waals surface area contributed by atoms with Gasteiger partial charge in [-0.25, -0.2) is 4.79 Å². The number of hydrogen-bond acceptors (Lipinski definition) is 3. The summed E-state index contributed by atoms with van der Waals surface area (Å²) in [6.45, 7) is 0. The van der Waals surface area contributed by atoms with Crippen LogP contribution in [0.1, 0.15) is 6.42 Å². The number of ether oxygens (including phenoxy) is 1. The lowest BCUT2D eigenvalue weighted by atomic mass is 10.2. The van der Waals surface area contributed by atoms with Gasteiger partial charge < -0.3 is 15.0 Å². The third-order valence-corrected chi connectivity index (χ3v) is 4.94. The molecule has 6 heteroatoms. The lowest BCUT2D eigenvalue weighted by Gasteiger charge is -2.24. The highest BCUT2D eigenvalue weighted by Gasteiger charge is 2.23. The molecular weight excluding hydrogens is 328 g/mol. The molecule has 1 saturated heterocycles. The number of carbonyl (C=O) groups excluding carboxylic acids is 1. The van der Waals surface area contributed by atoms with Gasteiger partial charge in [0.25, 0.3) is 0 Å². The van der Waals surface area contributed by atoms with E-state index >= 15 is 0 Å². The van der Waals surface area contributed by atoms with Gasteiger partial charge in [-0.2, -0.15) is 11.8 Å². The third kappa shape index (κ3) is 3.57. The maximum atomic E-state index is 12.1. The predicted octanol–water partition coefficient (Wildman–Crippen LogP) is 3.43. The molecule has 19 heavy (non-hydrogen) atoms. The molecule has 1 atom stereocenters.